The first-order valence-electron chi connectivity index (χ1n) is 8.20. The van der Waals surface area contributed by atoms with E-state index in [0.29, 0.717) is 19.0 Å². The number of hydrogen-bond donors (Lipinski definition) is 1. The maximum atomic E-state index is 5.83. The highest BCUT2D eigenvalue weighted by molar-refractivity contribution is 5.60. The lowest BCUT2D eigenvalue weighted by molar-refractivity contribution is 0.0339. The molecule has 3 aromatic rings. The van der Waals surface area contributed by atoms with Crippen molar-refractivity contribution < 1.29 is 4.74 Å². The molecule has 0 radical (unpaired) electrons. The number of aromatic amines is 1. The Bertz CT molecular complexity index is 851. The number of anilines is 1. The molecule has 0 aliphatic carbocycles. The smallest absolute Gasteiger partial charge is 0.161 e. The summed E-state index contributed by atoms with van der Waals surface area (Å²) in [6, 6.07) is 3.84. The van der Waals surface area contributed by atoms with Crippen LogP contribution < -0.4 is 4.90 Å². The predicted molar refractivity (Wildman–Crippen MR) is 92.0 cm³/mol. The minimum atomic E-state index is -0.143. The van der Waals surface area contributed by atoms with Crippen LogP contribution in [0, 0.1) is 13.8 Å². The van der Waals surface area contributed by atoms with E-state index < -0.39 is 0 Å². The van der Waals surface area contributed by atoms with Gasteiger partial charge >= 0.3 is 0 Å². The van der Waals surface area contributed by atoms with E-state index in [1.807, 2.05) is 19.1 Å². The van der Waals surface area contributed by atoms with Crippen molar-refractivity contribution in [3.8, 4) is 11.4 Å². The number of morpholine rings is 1. The first kappa shape index (κ1) is 15.6. The van der Waals surface area contributed by atoms with Crippen LogP contribution in [0.1, 0.15) is 23.2 Å². The van der Waals surface area contributed by atoms with Gasteiger partial charge in [0.2, 0.25) is 0 Å². The fourth-order valence-corrected chi connectivity index (χ4v) is 2.93. The Morgan fingerprint density at radius 1 is 1.20 bits per heavy atom. The minimum Gasteiger partial charge on any atom is -0.367 e. The van der Waals surface area contributed by atoms with Gasteiger partial charge in [-0.1, -0.05) is 0 Å². The van der Waals surface area contributed by atoms with Crippen LogP contribution in [0.4, 0.5) is 5.82 Å². The van der Waals surface area contributed by atoms with Crippen LogP contribution in [0.5, 0.6) is 0 Å². The Labute approximate surface area is 145 Å². The van der Waals surface area contributed by atoms with Crippen molar-refractivity contribution >= 4 is 5.82 Å². The lowest BCUT2D eigenvalue weighted by Crippen LogP contribution is -2.39. The van der Waals surface area contributed by atoms with Gasteiger partial charge in [-0.15, -0.1) is 0 Å². The molecule has 1 unspecified atom stereocenters. The monoisotopic (exact) mass is 337 g/mol. The molecular weight excluding hydrogens is 318 g/mol. The number of aryl methyl sites for hydroxylation is 1. The third-order valence-corrected chi connectivity index (χ3v) is 4.41. The molecule has 0 saturated carbocycles. The predicted octanol–water partition coefficient (Wildman–Crippen LogP) is 1.85. The molecule has 128 valence electrons. The number of aromatic nitrogens is 6. The van der Waals surface area contributed by atoms with Gasteiger partial charge in [0.05, 0.1) is 13.2 Å². The fraction of sp³-hybridized carbons (Fsp3) is 0.353. The molecule has 0 bridgehead atoms. The number of hydrogen-bond acceptors (Lipinski definition) is 7. The van der Waals surface area contributed by atoms with Crippen molar-refractivity contribution in [1.82, 2.24) is 30.1 Å². The van der Waals surface area contributed by atoms with Gasteiger partial charge in [-0.2, -0.15) is 5.10 Å². The molecule has 1 fully saturated rings. The van der Waals surface area contributed by atoms with Crippen molar-refractivity contribution in [2.75, 3.05) is 24.6 Å². The van der Waals surface area contributed by atoms with Gasteiger partial charge in [0.25, 0.3) is 0 Å². The maximum absolute atomic E-state index is 5.83. The second-order valence-electron chi connectivity index (χ2n) is 5.99. The van der Waals surface area contributed by atoms with E-state index in [1.165, 1.54) is 6.33 Å². The van der Waals surface area contributed by atoms with E-state index in [4.69, 9.17) is 9.72 Å². The molecule has 0 amide bonds. The summed E-state index contributed by atoms with van der Waals surface area (Å²) in [5.41, 5.74) is 3.01. The highest BCUT2D eigenvalue weighted by Crippen LogP contribution is 2.28. The maximum Gasteiger partial charge on any atom is 0.161 e. The van der Waals surface area contributed by atoms with Crippen molar-refractivity contribution in [3.05, 3.63) is 47.9 Å². The molecule has 0 aromatic carbocycles. The summed E-state index contributed by atoms with van der Waals surface area (Å²) in [6.45, 7) is 6.12. The van der Waals surface area contributed by atoms with Crippen molar-refractivity contribution in [1.29, 1.82) is 0 Å². The zero-order chi connectivity index (χ0) is 17.2. The molecule has 8 heteroatoms. The molecule has 8 nitrogen and oxygen atoms in total. The van der Waals surface area contributed by atoms with Gasteiger partial charge in [0, 0.05) is 35.8 Å². The number of H-pyrrole nitrogens is 1. The van der Waals surface area contributed by atoms with Crippen LogP contribution in [0.15, 0.2) is 30.9 Å². The van der Waals surface area contributed by atoms with E-state index in [0.717, 1.165) is 35.0 Å². The van der Waals surface area contributed by atoms with Crippen LogP contribution in [0.3, 0.4) is 0 Å². The van der Waals surface area contributed by atoms with Gasteiger partial charge in [0.1, 0.15) is 18.2 Å². The molecule has 4 heterocycles. The van der Waals surface area contributed by atoms with Crippen molar-refractivity contribution in [3.63, 3.8) is 0 Å². The zero-order valence-electron chi connectivity index (χ0n) is 14.2. The molecule has 1 atom stereocenters. The molecule has 3 aromatic heterocycles. The van der Waals surface area contributed by atoms with E-state index in [2.05, 4.69) is 37.0 Å². The second kappa shape index (κ2) is 6.56. The van der Waals surface area contributed by atoms with E-state index in [-0.39, 0.29) is 6.10 Å². The number of nitrogens with one attached hydrogen (secondary N) is 1. The quantitative estimate of drug-likeness (QED) is 0.779. The fourth-order valence-electron chi connectivity index (χ4n) is 2.93. The minimum absolute atomic E-state index is 0.143. The van der Waals surface area contributed by atoms with Gasteiger partial charge in [0.15, 0.2) is 11.6 Å². The molecule has 1 aliphatic heterocycles. The average Bonchev–Trinajstić information content (AvgIpc) is 3.19. The summed E-state index contributed by atoms with van der Waals surface area (Å²) >= 11 is 0. The van der Waals surface area contributed by atoms with Crippen LogP contribution in [0.25, 0.3) is 11.4 Å². The molecule has 0 spiro atoms. The van der Waals surface area contributed by atoms with E-state index in [1.54, 1.807) is 12.4 Å². The lowest BCUT2D eigenvalue weighted by Gasteiger charge is -2.33. The summed E-state index contributed by atoms with van der Waals surface area (Å²) < 4.78 is 5.83. The van der Waals surface area contributed by atoms with Crippen LogP contribution in [-0.2, 0) is 4.74 Å². The third kappa shape index (κ3) is 3.08. The largest absolute Gasteiger partial charge is 0.367 e. The number of ether oxygens (including phenoxy) is 1. The van der Waals surface area contributed by atoms with Crippen molar-refractivity contribution in [2.45, 2.75) is 20.0 Å². The SMILES string of the molecule is Cc1nc(-c2ccncc2)nc(N2CCOC(c3ncn[nH]3)C2)c1C. The normalized spacial score (nSPS) is 17.7. The molecule has 1 N–H and O–H groups in total. The van der Waals surface area contributed by atoms with Crippen molar-refractivity contribution in [2.24, 2.45) is 0 Å². The molecule has 4 rings (SSSR count). The van der Waals surface area contributed by atoms with Crippen LogP contribution in [-0.4, -0.2) is 49.8 Å². The molecule has 25 heavy (non-hydrogen) atoms. The highest BCUT2D eigenvalue weighted by atomic mass is 16.5. The Morgan fingerprint density at radius 2 is 2.04 bits per heavy atom. The second-order valence-corrected chi connectivity index (χ2v) is 5.99. The van der Waals surface area contributed by atoms with Gasteiger partial charge in [-0.3, -0.25) is 10.1 Å². The van der Waals surface area contributed by atoms with Gasteiger partial charge < -0.3 is 9.64 Å². The Balaban J connectivity index is 1.68. The van der Waals surface area contributed by atoms with Gasteiger partial charge in [-0.05, 0) is 26.0 Å². The highest BCUT2D eigenvalue weighted by Gasteiger charge is 2.26. The Hall–Kier alpha value is -2.87. The van der Waals surface area contributed by atoms with Gasteiger partial charge in [-0.25, -0.2) is 15.0 Å². The van der Waals surface area contributed by atoms with Crippen LogP contribution in [0.2, 0.25) is 0 Å². The summed E-state index contributed by atoms with van der Waals surface area (Å²) in [4.78, 5) is 20.0. The van der Waals surface area contributed by atoms with Crippen LogP contribution >= 0.6 is 0 Å². The molecular formula is C17H19N7O. The summed E-state index contributed by atoms with van der Waals surface area (Å²) in [5, 5.41) is 6.80. The summed E-state index contributed by atoms with van der Waals surface area (Å²) in [7, 11) is 0. The molecule has 1 aliphatic rings. The van der Waals surface area contributed by atoms with E-state index in [9.17, 15) is 0 Å². The number of nitrogens with zero attached hydrogens (tertiary/aromatic N) is 6. The topological polar surface area (TPSA) is 92.7 Å². The Kier molecular flexibility index (Phi) is 4.10. The standard InChI is InChI=1S/C17H19N7O/c1-11-12(2)21-15(13-3-5-18-6-4-13)22-17(11)24-7-8-25-14(9-24)16-19-10-20-23-16/h3-6,10,14H,7-9H2,1-2H3,(H,19,20,23). The third-order valence-electron chi connectivity index (χ3n) is 4.41. The van der Waals surface area contributed by atoms with E-state index >= 15 is 0 Å². The Morgan fingerprint density at radius 3 is 2.80 bits per heavy atom. The molecule has 1 saturated heterocycles. The first-order valence-corrected chi connectivity index (χ1v) is 8.20. The zero-order valence-corrected chi connectivity index (χ0v) is 14.2. The number of rotatable bonds is 3. The summed E-state index contributed by atoms with van der Waals surface area (Å²) in [6.07, 6.45) is 4.86. The lowest BCUT2D eigenvalue weighted by atomic mass is 10.1. The number of pyridine rings is 1. The first-order chi connectivity index (χ1) is 12.2. The average molecular weight is 337 g/mol. The summed E-state index contributed by atoms with van der Waals surface area (Å²) in [5.74, 6) is 2.39.